The van der Waals surface area contributed by atoms with Crippen LogP contribution in [0.15, 0.2) is 24.3 Å². The average Bonchev–Trinajstić information content (AvgIpc) is 1.93. The maximum Gasteiger partial charge on any atom is 0.221 e. The normalized spacial score (nSPS) is 9.27. The molecule has 0 unspecified atom stereocenters. The second-order valence-corrected chi connectivity index (χ2v) is 2.62. The van der Waals surface area contributed by atoms with E-state index in [9.17, 15) is 4.79 Å². The molecule has 1 N–H and O–H groups in total. The minimum absolute atomic E-state index is 0.0766. The minimum Gasteiger partial charge on any atom is -0.326 e. The Labute approximate surface area is 70.2 Å². The molecule has 2 nitrogen and oxygen atoms in total. The third-order valence-electron chi connectivity index (χ3n) is 1.16. The van der Waals surface area contributed by atoms with Gasteiger partial charge in [0, 0.05) is 17.6 Å². The molecule has 0 bridgehead atoms. The lowest BCUT2D eigenvalue weighted by Gasteiger charge is -1.99. The third kappa shape index (κ3) is 2.60. The molecule has 1 aromatic carbocycles. The summed E-state index contributed by atoms with van der Waals surface area (Å²) < 4.78 is 0. The van der Waals surface area contributed by atoms with Gasteiger partial charge in [0.1, 0.15) is 0 Å². The van der Waals surface area contributed by atoms with Gasteiger partial charge in [-0.05, 0) is 24.3 Å². The number of nitrogens with one attached hydrogen (secondary N) is 1. The van der Waals surface area contributed by atoms with Crippen molar-refractivity contribution in [2.75, 3.05) is 5.32 Å². The molecular formula is C8H8ClNO. The molecule has 3 heteroatoms. The van der Waals surface area contributed by atoms with Crippen LogP contribution in [-0.4, -0.2) is 5.91 Å². The van der Waals surface area contributed by atoms with Crippen LogP contribution in [0.5, 0.6) is 0 Å². The van der Waals surface area contributed by atoms with Crippen LogP contribution in [0.25, 0.3) is 0 Å². The number of amides is 1. The summed E-state index contributed by atoms with van der Waals surface area (Å²) in [5.41, 5.74) is 0.766. The SMILES string of the molecule is CC(=O)Nc1ccc(Cl)cc1. The van der Waals surface area contributed by atoms with Gasteiger partial charge in [0.05, 0.1) is 0 Å². The lowest BCUT2D eigenvalue weighted by molar-refractivity contribution is -0.114. The van der Waals surface area contributed by atoms with Crippen molar-refractivity contribution in [3.63, 3.8) is 0 Å². The first kappa shape index (κ1) is 8.08. The fraction of sp³-hybridized carbons (Fsp3) is 0.125. The largest absolute Gasteiger partial charge is 0.326 e. The molecule has 58 valence electrons. The van der Waals surface area contributed by atoms with Crippen LogP contribution < -0.4 is 5.32 Å². The molecular weight excluding hydrogens is 162 g/mol. The Kier molecular flexibility index (Phi) is 2.49. The van der Waals surface area contributed by atoms with Crippen LogP contribution in [0.3, 0.4) is 0 Å². The maximum absolute atomic E-state index is 10.6. The Bertz CT molecular complexity index is 255. The highest BCUT2D eigenvalue weighted by molar-refractivity contribution is 6.30. The summed E-state index contributed by atoms with van der Waals surface area (Å²) in [5.74, 6) is -0.0766. The maximum atomic E-state index is 10.6. The molecule has 1 amide bonds. The summed E-state index contributed by atoms with van der Waals surface area (Å²) >= 11 is 5.64. The first-order valence-corrected chi connectivity index (χ1v) is 3.59. The van der Waals surface area contributed by atoms with E-state index in [4.69, 9.17) is 11.6 Å². The smallest absolute Gasteiger partial charge is 0.221 e. The van der Waals surface area contributed by atoms with Crippen molar-refractivity contribution in [3.8, 4) is 0 Å². The number of carbonyl (C=O) groups excluding carboxylic acids is 1. The Balaban J connectivity index is 2.74. The lowest BCUT2D eigenvalue weighted by Crippen LogP contribution is -2.04. The lowest BCUT2D eigenvalue weighted by atomic mass is 10.3. The molecule has 0 aliphatic heterocycles. The van der Waals surface area contributed by atoms with Crippen LogP contribution in [0, 0.1) is 0 Å². The van der Waals surface area contributed by atoms with Crippen molar-refractivity contribution in [3.05, 3.63) is 29.3 Å². The van der Waals surface area contributed by atoms with E-state index in [0.717, 1.165) is 5.69 Å². The number of carbonyl (C=O) groups is 1. The molecule has 11 heavy (non-hydrogen) atoms. The van der Waals surface area contributed by atoms with Gasteiger partial charge < -0.3 is 5.32 Å². The minimum atomic E-state index is -0.0766. The van der Waals surface area contributed by atoms with Crippen molar-refractivity contribution >= 4 is 23.2 Å². The number of rotatable bonds is 1. The van der Waals surface area contributed by atoms with Gasteiger partial charge in [-0.15, -0.1) is 0 Å². The van der Waals surface area contributed by atoms with Crippen molar-refractivity contribution in [1.29, 1.82) is 0 Å². The molecule has 0 aliphatic carbocycles. The number of benzene rings is 1. The fourth-order valence-electron chi connectivity index (χ4n) is 0.736. The van der Waals surface area contributed by atoms with Gasteiger partial charge in [-0.25, -0.2) is 0 Å². The van der Waals surface area contributed by atoms with E-state index in [0.29, 0.717) is 5.02 Å². The van der Waals surface area contributed by atoms with Gasteiger partial charge in [-0.3, -0.25) is 4.79 Å². The van der Waals surface area contributed by atoms with E-state index < -0.39 is 0 Å². The zero-order valence-electron chi connectivity index (χ0n) is 6.10. The predicted molar refractivity (Wildman–Crippen MR) is 45.8 cm³/mol. The van der Waals surface area contributed by atoms with E-state index in [-0.39, 0.29) is 5.91 Å². The van der Waals surface area contributed by atoms with Gasteiger partial charge in [0.2, 0.25) is 5.91 Å². The summed E-state index contributed by atoms with van der Waals surface area (Å²) in [4.78, 5) is 10.6. The first-order chi connectivity index (χ1) is 5.18. The van der Waals surface area contributed by atoms with Gasteiger partial charge in [-0.2, -0.15) is 0 Å². The summed E-state index contributed by atoms with van der Waals surface area (Å²) in [6, 6.07) is 6.97. The topological polar surface area (TPSA) is 29.1 Å². The highest BCUT2D eigenvalue weighted by Crippen LogP contribution is 2.12. The molecule has 0 saturated heterocycles. The summed E-state index contributed by atoms with van der Waals surface area (Å²) in [6.07, 6.45) is 0. The van der Waals surface area contributed by atoms with Gasteiger partial charge in [0.25, 0.3) is 0 Å². The van der Waals surface area contributed by atoms with Gasteiger partial charge in [0.15, 0.2) is 0 Å². The quantitative estimate of drug-likeness (QED) is 0.687. The molecule has 1 rings (SSSR count). The zero-order valence-corrected chi connectivity index (χ0v) is 6.85. The number of anilines is 1. The molecule has 0 fully saturated rings. The Morgan fingerprint density at radius 3 is 2.36 bits per heavy atom. The second-order valence-electron chi connectivity index (χ2n) is 2.19. The van der Waals surface area contributed by atoms with Crippen molar-refractivity contribution in [2.45, 2.75) is 6.92 Å². The first-order valence-electron chi connectivity index (χ1n) is 3.21. The highest BCUT2D eigenvalue weighted by Gasteiger charge is 1.93. The van der Waals surface area contributed by atoms with E-state index in [1.165, 1.54) is 6.92 Å². The average molecular weight is 170 g/mol. The Hall–Kier alpha value is -1.02. The van der Waals surface area contributed by atoms with Crippen LogP contribution in [0.2, 0.25) is 5.02 Å². The van der Waals surface area contributed by atoms with Gasteiger partial charge >= 0.3 is 0 Å². The van der Waals surface area contributed by atoms with E-state index in [1.807, 2.05) is 0 Å². The second kappa shape index (κ2) is 3.39. The summed E-state index contributed by atoms with van der Waals surface area (Å²) in [7, 11) is 0. The molecule has 0 atom stereocenters. The molecule has 0 aromatic heterocycles. The summed E-state index contributed by atoms with van der Waals surface area (Å²) in [5, 5.41) is 3.30. The summed E-state index contributed by atoms with van der Waals surface area (Å²) in [6.45, 7) is 1.47. The predicted octanol–water partition coefficient (Wildman–Crippen LogP) is 2.30. The fourth-order valence-corrected chi connectivity index (χ4v) is 0.862. The number of hydrogen-bond acceptors (Lipinski definition) is 1. The third-order valence-corrected chi connectivity index (χ3v) is 1.42. The molecule has 0 heterocycles. The van der Waals surface area contributed by atoms with Crippen LogP contribution >= 0.6 is 11.6 Å². The van der Waals surface area contributed by atoms with E-state index in [2.05, 4.69) is 5.32 Å². The zero-order chi connectivity index (χ0) is 8.27. The Morgan fingerprint density at radius 2 is 1.91 bits per heavy atom. The van der Waals surface area contributed by atoms with Crippen LogP contribution in [0.4, 0.5) is 5.69 Å². The molecule has 0 saturated carbocycles. The van der Waals surface area contributed by atoms with E-state index >= 15 is 0 Å². The van der Waals surface area contributed by atoms with Crippen LogP contribution in [-0.2, 0) is 4.79 Å². The van der Waals surface area contributed by atoms with Crippen molar-refractivity contribution in [2.24, 2.45) is 0 Å². The molecule has 0 aliphatic rings. The van der Waals surface area contributed by atoms with Crippen molar-refractivity contribution in [1.82, 2.24) is 0 Å². The monoisotopic (exact) mass is 169 g/mol. The van der Waals surface area contributed by atoms with Crippen LogP contribution in [0.1, 0.15) is 6.92 Å². The van der Waals surface area contributed by atoms with E-state index in [1.54, 1.807) is 24.3 Å². The number of halogens is 1. The molecule has 1 aromatic rings. The number of hydrogen-bond donors (Lipinski definition) is 1. The Morgan fingerprint density at radius 1 is 1.36 bits per heavy atom. The standard InChI is InChI=1S/C8H8ClNO/c1-6(11)10-8-4-2-7(9)3-5-8/h2-5H,1H3,(H,10,11). The molecule has 0 spiro atoms. The van der Waals surface area contributed by atoms with Crippen molar-refractivity contribution < 1.29 is 4.79 Å². The van der Waals surface area contributed by atoms with Gasteiger partial charge in [-0.1, -0.05) is 11.6 Å². The molecule has 0 radical (unpaired) electrons. The highest BCUT2D eigenvalue weighted by atomic mass is 35.5.